The summed E-state index contributed by atoms with van der Waals surface area (Å²) in [7, 11) is 0. The Balaban J connectivity index is 1.74. The number of hydrogen-bond acceptors (Lipinski definition) is 5. The van der Waals surface area contributed by atoms with E-state index >= 15 is 0 Å². The van der Waals surface area contributed by atoms with Crippen molar-refractivity contribution in [1.82, 2.24) is 10.3 Å². The Kier molecular flexibility index (Phi) is 5.13. The fraction of sp³-hybridized carbons (Fsp3) is 0.312. The molecule has 3 rings (SSSR count). The van der Waals surface area contributed by atoms with E-state index in [1.54, 1.807) is 29.6 Å². The van der Waals surface area contributed by atoms with Gasteiger partial charge in [-0.15, -0.1) is 11.3 Å². The van der Waals surface area contributed by atoms with E-state index in [4.69, 9.17) is 16.3 Å². The summed E-state index contributed by atoms with van der Waals surface area (Å²) in [5.74, 6) is -1.68. The summed E-state index contributed by atoms with van der Waals surface area (Å²) >= 11 is 7.15. The summed E-state index contributed by atoms with van der Waals surface area (Å²) in [5, 5.41) is 14.7. The number of thiazole rings is 1. The van der Waals surface area contributed by atoms with Gasteiger partial charge in [-0.1, -0.05) is 23.7 Å². The highest BCUT2D eigenvalue weighted by Crippen LogP contribution is 2.30. The summed E-state index contributed by atoms with van der Waals surface area (Å²) in [6.45, 7) is 0.698. The van der Waals surface area contributed by atoms with Crippen LogP contribution in [0.2, 0.25) is 5.02 Å². The third kappa shape index (κ3) is 3.75. The molecule has 1 aliphatic heterocycles. The number of carbonyl (C=O) groups excluding carboxylic acids is 1. The molecule has 1 aliphatic rings. The van der Waals surface area contributed by atoms with Crippen LogP contribution in [-0.4, -0.2) is 28.6 Å². The first kappa shape index (κ1) is 16.9. The predicted octanol–water partition coefficient (Wildman–Crippen LogP) is 3.20. The van der Waals surface area contributed by atoms with Crippen LogP contribution in [0.3, 0.4) is 0 Å². The second-order valence-corrected chi connectivity index (χ2v) is 6.70. The van der Waals surface area contributed by atoms with Crippen LogP contribution in [0, 0.1) is 0 Å². The zero-order chi connectivity index (χ0) is 17.1. The highest BCUT2D eigenvalue weighted by molar-refractivity contribution is 7.09. The van der Waals surface area contributed by atoms with Gasteiger partial charge in [0.25, 0.3) is 5.91 Å². The van der Waals surface area contributed by atoms with Gasteiger partial charge in [0, 0.05) is 17.0 Å². The summed E-state index contributed by atoms with van der Waals surface area (Å²) < 4.78 is 5.54. The largest absolute Gasteiger partial charge is 0.479 e. The molecule has 6 nitrogen and oxygen atoms in total. The zero-order valence-electron chi connectivity index (χ0n) is 12.6. The summed E-state index contributed by atoms with van der Waals surface area (Å²) in [6.07, 6.45) is 1.80. The summed E-state index contributed by atoms with van der Waals surface area (Å²) in [4.78, 5) is 28.1. The first-order valence-electron chi connectivity index (χ1n) is 7.41. The molecule has 0 spiro atoms. The number of nitrogens with zero attached hydrogens (tertiary/aromatic N) is 1. The normalized spacial score (nSPS) is 18.3. The molecule has 126 valence electrons. The number of nitrogens with one attached hydrogen (secondary N) is 1. The van der Waals surface area contributed by atoms with Gasteiger partial charge in [0.1, 0.15) is 16.8 Å². The Morgan fingerprint density at radius 3 is 2.75 bits per heavy atom. The fourth-order valence-electron chi connectivity index (χ4n) is 2.46. The predicted molar refractivity (Wildman–Crippen MR) is 89.3 cm³/mol. The van der Waals surface area contributed by atoms with Crippen molar-refractivity contribution in [3.63, 3.8) is 0 Å². The molecule has 1 amide bonds. The maximum absolute atomic E-state index is 12.3. The number of rotatable bonds is 5. The SMILES string of the molecule is O=C(NC(C(=O)O)c1ccc(Cl)cc1)c1csc(C2CCCO2)n1. The number of amides is 1. The topological polar surface area (TPSA) is 88.5 Å². The summed E-state index contributed by atoms with van der Waals surface area (Å²) in [5.41, 5.74) is 0.639. The highest BCUT2D eigenvalue weighted by atomic mass is 35.5. The van der Waals surface area contributed by atoms with E-state index in [1.165, 1.54) is 11.3 Å². The second kappa shape index (κ2) is 7.29. The van der Waals surface area contributed by atoms with E-state index in [0.29, 0.717) is 17.2 Å². The molecule has 2 N–H and O–H groups in total. The minimum absolute atomic E-state index is 0.0666. The lowest BCUT2D eigenvalue weighted by Crippen LogP contribution is -2.34. The Morgan fingerprint density at radius 2 is 2.12 bits per heavy atom. The van der Waals surface area contributed by atoms with Crippen molar-refractivity contribution in [3.8, 4) is 0 Å². The molecule has 0 saturated carbocycles. The molecule has 2 unspecified atom stereocenters. The average molecular weight is 367 g/mol. The molecule has 8 heteroatoms. The van der Waals surface area contributed by atoms with E-state index < -0.39 is 17.9 Å². The van der Waals surface area contributed by atoms with Gasteiger partial charge < -0.3 is 15.2 Å². The van der Waals surface area contributed by atoms with Crippen molar-refractivity contribution >= 4 is 34.8 Å². The number of carboxylic acids is 1. The van der Waals surface area contributed by atoms with Gasteiger partial charge >= 0.3 is 5.97 Å². The Morgan fingerprint density at radius 1 is 1.38 bits per heavy atom. The molecule has 1 fully saturated rings. The molecule has 1 saturated heterocycles. The molecule has 24 heavy (non-hydrogen) atoms. The first-order chi connectivity index (χ1) is 11.5. The number of aromatic nitrogens is 1. The fourth-order valence-corrected chi connectivity index (χ4v) is 3.47. The van der Waals surface area contributed by atoms with Gasteiger partial charge in [0.2, 0.25) is 0 Å². The Bertz CT molecular complexity index is 741. The van der Waals surface area contributed by atoms with Gasteiger partial charge in [-0.05, 0) is 30.5 Å². The van der Waals surface area contributed by atoms with E-state index in [9.17, 15) is 14.7 Å². The smallest absolute Gasteiger partial charge is 0.330 e. The lowest BCUT2D eigenvalue weighted by molar-refractivity contribution is -0.139. The van der Waals surface area contributed by atoms with Crippen molar-refractivity contribution in [1.29, 1.82) is 0 Å². The maximum atomic E-state index is 12.3. The van der Waals surface area contributed by atoms with Crippen LogP contribution < -0.4 is 5.32 Å². The minimum Gasteiger partial charge on any atom is -0.479 e. The van der Waals surface area contributed by atoms with Crippen LogP contribution in [0.15, 0.2) is 29.6 Å². The third-order valence-electron chi connectivity index (χ3n) is 3.69. The van der Waals surface area contributed by atoms with E-state index in [2.05, 4.69) is 10.3 Å². The quantitative estimate of drug-likeness (QED) is 0.848. The van der Waals surface area contributed by atoms with Crippen molar-refractivity contribution < 1.29 is 19.4 Å². The van der Waals surface area contributed by atoms with Crippen LogP contribution in [0.4, 0.5) is 0 Å². The number of hydrogen-bond donors (Lipinski definition) is 2. The van der Waals surface area contributed by atoms with Gasteiger partial charge in [0.05, 0.1) is 0 Å². The van der Waals surface area contributed by atoms with E-state index in [0.717, 1.165) is 17.8 Å². The van der Waals surface area contributed by atoms with Crippen LogP contribution in [0.5, 0.6) is 0 Å². The molecule has 2 aromatic rings. The number of aliphatic carboxylic acids is 1. The molecule has 0 bridgehead atoms. The van der Waals surface area contributed by atoms with Crippen molar-refractivity contribution in [2.45, 2.75) is 25.0 Å². The molecule has 0 aliphatic carbocycles. The lowest BCUT2D eigenvalue weighted by Gasteiger charge is -2.14. The molecule has 1 aromatic heterocycles. The molecule has 1 aromatic carbocycles. The molecule has 2 atom stereocenters. The lowest BCUT2D eigenvalue weighted by atomic mass is 10.1. The monoisotopic (exact) mass is 366 g/mol. The van der Waals surface area contributed by atoms with Crippen LogP contribution in [-0.2, 0) is 9.53 Å². The molecular weight excluding hydrogens is 352 g/mol. The van der Waals surface area contributed by atoms with Crippen LogP contribution >= 0.6 is 22.9 Å². The number of halogens is 1. The van der Waals surface area contributed by atoms with Gasteiger partial charge in [-0.25, -0.2) is 9.78 Å². The van der Waals surface area contributed by atoms with Gasteiger partial charge in [-0.3, -0.25) is 4.79 Å². The molecular formula is C16H15ClN2O4S. The molecule has 2 heterocycles. The van der Waals surface area contributed by atoms with Gasteiger partial charge in [-0.2, -0.15) is 0 Å². The standard InChI is InChI=1S/C16H15ClN2O4S/c17-10-5-3-9(4-6-10)13(16(21)22)19-14(20)11-8-24-15(18-11)12-2-1-7-23-12/h3-6,8,12-13H,1-2,7H2,(H,19,20)(H,21,22). The number of benzene rings is 1. The van der Waals surface area contributed by atoms with E-state index in [-0.39, 0.29) is 11.8 Å². The maximum Gasteiger partial charge on any atom is 0.330 e. The number of ether oxygens (including phenoxy) is 1. The highest BCUT2D eigenvalue weighted by Gasteiger charge is 2.26. The Hall–Kier alpha value is -1.96. The van der Waals surface area contributed by atoms with Crippen LogP contribution in [0.1, 0.15) is 46.0 Å². The Labute approximate surface area is 147 Å². The summed E-state index contributed by atoms with van der Waals surface area (Å²) in [6, 6.07) is 5.14. The van der Waals surface area contributed by atoms with Crippen molar-refractivity contribution in [2.75, 3.05) is 6.61 Å². The average Bonchev–Trinajstić information content (AvgIpc) is 3.24. The van der Waals surface area contributed by atoms with Crippen molar-refractivity contribution in [2.24, 2.45) is 0 Å². The van der Waals surface area contributed by atoms with Crippen LogP contribution in [0.25, 0.3) is 0 Å². The minimum atomic E-state index is -1.16. The first-order valence-corrected chi connectivity index (χ1v) is 8.66. The van der Waals surface area contributed by atoms with Crippen molar-refractivity contribution in [3.05, 3.63) is 50.9 Å². The molecule has 0 radical (unpaired) electrons. The van der Waals surface area contributed by atoms with E-state index in [1.807, 2.05) is 0 Å². The number of carboxylic acid groups (broad SMARTS) is 1. The second-order valence-electron chi connectivity index (χ2n) is 5.37. The third-order valence-corrected chi connectivity index (χ3v) is 4.87. The number of carbonyl (C=O) groups is 2. The van der Waals surface area contributed by atoms with Gasteiger partial charge in [0.15, 0.2) is 6.04 Å². The zero-order valence-corrected chi connectivity index (χ0v) is 14.1.